The molecule has 0 spiro atoms. The lowest BCUT2D eigenvalue weighted by Crippen LogP contribution is -2.51. The first-order valence-corrected chi connectivity index (χ1v) is 8.54. The van der Waals surface area contributed by atoms with Crippen molar-refractivity contribution < 1.29 is 9.59 Å². The summed E-state index contributed by atoms with van der Waals surface area (Å²) < 4.78 is 0. The third kappa shape index (κ3) is 4.10. The minimum atomic E-state index is -0.523. The second kappa shape index (κ2) is 8.11. The number of piperazine rings is 1. The fraction of sp³-hybridized carbons (Fsp3) is 0.556. The third-order valence-electron chi connectivity index (χ3n) is 4.54. The van der Waals surface area contributed by atoms with Crippen LogP contribution in [-0.2, 0) is 22.4 Å². The molecule has 0 atom stereocenters. The first kappa shape index (κ1) is 17.5. The van der Waals surface area contributed by atoms with E-state index in [1.54, 1.807) is 4.90 Å². The van der Waals surface area contributed by atoms with Crippen LogP contribution in [0.25, 0.3) is 0 Å². The molecule has 1 saturated heterocycles. The second-order valence-electron chi connectivity index (χ2n) is 5.84. The zero-order valence-corrected chi connectivity index (χ0v) is 14.4. The van der Waals surface area contributed by atoms with E-state index in [2.05, 4.69) is 31.0 Å². The van der Waals surface area contributed by atoms with Gasteiger partial charge in [0.2, 0.25) is 0 Å². The normalized spacial score (nSPS) is 15.5. The van der Waals surface area contributed by atoms with Crippen LogP contribution in [0.1, 0.15) is 31.9 Å². The Balaban J connectivity index is 2.06. The molecule has 1 N–H and O–H groups in total. The summed E-state index contributed by atoms with van der Waals surface area (Å²) in [5, 5.41) is 2.86. The maximum Gasteiger partial charge on any atom is 0.313 e. The Hall–Kier alpha value is -1.88. The number of nitrogens with one attached hydrogen (secondary N) is 1. The van der Waals surface area contributed by atoms with Crippen LogP contribution in [0.3, 0.4) is 0 Å². The number of rotatable bonds is 4. The Morgan fingerprint density at radius 3 is 2.04 bits per heavy atom. The Morgan fingerprint density at radius 2 is 1.57 bits per heavy atom. The van der Waals surface area contributed by atoms with Gasteiger partial charge in [0.05, 0.1) is 0 Å². The first-order chi connectivity index (χ1) is 11.1. The average molecular weight is 317 g/mol. The van der Waals surface area contributed by atoms with Crippen molar-refractivity contribution in [2.75, 3.05) is 38.0 Å². The van der Waals surface area contributed by atoms with Gasteiger partial charge in [0.25, 0.3) is 0 Å². The largest absolute Gasteiger partial charge is 0.332 e. The van der Waals surface area contributed by atoms with Gasteiger partial charge in [-0.15, -0.1) is 0 Å². The molecule has 0 aliphatic carbocycles. The van der Waals surface area contributed by atoms with Crippen LogP contribution >= 0.6 is 0 Å². The number of benzene rings is 1. The van der Waals surface area contributed by atoms with Crippen molar-refractivity contribution in [1.29, 1.82) is 0 Å². The fourth-order valence-electron chi connectivity index (χ4n) is 2.98. The molecule has 1 aliphatic rings. The first-order valence-electron chi connectivity index (χ1n) is 8.54. The van der Waals surface area contributed by atoms with Gasteiger partial charge in [-0.3, -0.25) is 9.59 Å². The number of carbonyl (C=O) groups excluding carboxylic acids is 2. The molecule has 1 aliphatic heterocycles. The molecule has 2 rings (SSSR count). The van der Waals surface area contributed by atoms with Crippen molar-refractivity contribution in [3.63, 3.8) is 0 Å². The van der Waals surface area contributed by atoms with Crippen LogP contribution in [0.4, 0.5) is 5.69 Å². The summed E-state index contributed by atoms with van der Waals surface area (Å²) in [6, 6.07) is 6.00. The molecule has 0 saturated carbocycles. The highest BCUT2D eigenvalue weighted by Gasteiger charge is 2.26. The number of hydrogen-bond donors (Lipinski definition) is 1. The number of likely N-dealkylation sites (N-methyl/N-ethyl adjacent to an activating group) is 1. The lowest BCUT2D eigenvalue weighted by Gasteiger charge is -2.33. The lowest BCUT2D eigenvalue weighted by molar-refractivity contribution is -0.144. The molecular weight excluding hydrogens is 290 g/mol. The van der Waals surface area contributed by atoms with E-state index >= 15 is 0 Å². The molecular formula is C18H27N3O2. The molecule has 5 nitrogen and oxygen atoms in total. The van der Waals surface area contributed by atoms with E-state index in [1.807, 2.05) is 18.2 Å². The van der Waals surface area contributed by atoms with Gasteiger partial charge >= 0.3 is 11.8 Å². The highest BCUT2D eigenvalue weighted by molar-refractivity contribution is 6.39. The number of aryl methyl sites for hydroxylation is 2. The predicted molar refractivity (Wildman–Crippen MR) is 92.5 cm³/mol. The Morgan fingerprint density at radius 1 is 1.00 bits per heavy atom. The Labute approximate surface area is 138 Å². The average Bonchev–Trinajstić information content (AvgIpc) is 2.61. The molecule has 0 radical (unpaired) electrons. The van der Waals surface area contributed by atoms with Gasteiger partial charge in [-0.05, 0) is 30.5 Å². The molecule has 1 aromatic rings. The topological polar surface area (TPSA) is 52.7 Å². The SMILES string of the molecule is CCc1cccc(CC)c1NC(=O)C(=O)N1CCN(CC)CC1. The van der Waals surface area contributed by atoms with E-state index in [9.17, 15) is 9.59 Å². The van der Waals surface area contributed by atoms with Crippen molar-refractivity contribution in [3.8, 4) is 0 Å². The van der Waals surface area contributed by atoms with E-state index in [0.29, 0.717) is 13.1 Å². The van der Waals surface area contributed by atoms with E-state index in [-0.39, 0.29) is 0 Å². The van der Waals surface area contributed by atoms with Crippen LogP contribution in [0.15, 0.2) is 18.2 Å². The maximum absolute atomic E-state index is 12.4. The molecule has 2 amide bonds. The Bertz CT molecular complexity index is 541. The Kier molecular flexibility index (Phi) is 6.16. The summed E-state index contributed by atoms with van der Waals surface area (Å²) in [7, 11) is 0. The van der Waals surface area contributed by atoms with Gasteiger partial charge in [0.1, 0.15) is 0 Å². The monoisotopic (exact) mass is 317 g/mol. The van der Waals surface area contributed by atoms with E-state index < -0.39 is 11.8 Å². The zero-order chi connectivity index (χ0) is 16.8. The third-order valence-corrected chi connectivity index (χ3v) is 4.54. The highest BCUT2D eigenvalue weighted by atomic mass is 16.2. The van der Waals surface area contributed by atoms with E-state index in [1.165, 1.54) is 0 Å². The predicted octanol–water partition coefficient (Wildman–Crippen LogP) is 1.91. The van der Waals surface area contributed by atoms with Crippen molar-refractivity contribution >= 4 is 17.5 Å². The van der Waals surface area contributed by atoms with Gasteiger partial charge in [-0.1, -0.05) is 39.0 Å². The van der Waals surface area contributed by atoms with Crippen LogP contribution < -0.4 is 5.32 Å². The standard InChI is InChI=1S/C18H27N3O2/c1-4-14-8-7-9-15(5-2)16(14)19-17(22)18(23)21-12-10-20(6-3)11-13-21/h7-9H,4-6,10-13H2,1-3H3,(H,19,22). The van der Waals surface area contributed by atoms with E-state index in [4.69, 9.17) is 0 Å². The zero-order valence-electron chi connectivity index (χ0n) is 14.4. The molecule has 1 aromatic carbocycles. The van der Waals surface area contributed by atoms with Gasteiger partial charge in [0.15, 0.2) is 0 Å². The summed E-state index contributed by atoms with van der Waals surface area (Å²) in [5.74, 6) is -0.945. The molecule has 0 unspecified atom stereocenters. The number of carbonyl (C=O) groups is 2. The molecule has 0 aromatic heterocycles. The number of para-hydroxylation sites is 1. The van der Waals surface area contributed by atoms with Crippen LogP contribution in [-0.4, -0.2) is 54.3 Å². The second-order valence-corrected chi connectivity index (χ2v) is 5.84. The minimum Gasteiger partial charge on any atom is -0.332 e. The highest BCUT2D eigenvalue weighted by Crippen LogP contribution is 2.22. The summed E-state index contributed by atoms with van der Waals surface area (Å²) in [6.45, 7) is 10.1. The van der Waals surface area contributed by atoms with Gasteiger partial charge in [-0.25, -0.2) is 0 Å². The summed E-state index contributed by atoms with van der Waals surface area (Å²) >= 11 is 0. The summed E-state index contributed by atoms with van der Waals surface area (Å²) in [4.78, 5) is 28.7. The van der Waals surface area contributed by atoms with Gasteiger partial charge < -0.3 is 15.1 Å². The van der Waals surface area contributed by atoms with Crippen LogP contribution in [0.2, 0.25) is 0 Å². The van der Waals surface area contributed by atoms with Gasteiger partial charge in [0, 0.05) is 31.9 Å². The molecule has 0 bridgehead atoms. The van der Waals surface area contributed by atoms with Crippen LogP contribution in [0.5, 0.6) is 0 Å². The lowest BCUT2D eigenvalue weighted by atomic mass is 10.0. The molecule has 126 valence electrons. The molecule has 5 heteroatoms. The smallest absolute Gasteiger partial charge is 0.313 e. The molecule has 1 heterocycles. The number of hydrogen-bond acceptors (Lipinski definition) is 3. The van der Waals surface area contributed by atoms with Gasteiger partial charge in [-0.2, -0.15) is 0 Å². The maximum atomic E-state index is 12.4. The van der Waals surface area contributed by atoms with E-state index in [0.717, 1.165) is 49.3 Å². The molecule has 1 fully saturated rings. The quantitative estimate of drug-likeness (QED) is 0.863. The minimum absolute atomic E-state index is 0.422. The van der Waals surface area contributed by atoms with Crippen molar-refractivity contribution in [2.45, 2.75) is 33.6 Å². The summed E-state index contributed by atoms with van der Waals surface area (Å²) in [5.41, 5.74) is 2.95. The van der Waals surface area contributed by atoms with Crippen molar-refractivity contribution in [2.24, 2.45) is 0 Å². The summed E-state index contributed by atoms with van der Waals surface area (Å²) in [6.07, 6.45) is 1.65. The number of anilines is 1. The molecule has 23 heavy (non-hydrogen) atoms. The number of nitrogens with zero attached hydrogens (tertiary/aromatic N) is 2. The van der Waals surface area contributed by atoms with Crippen molar-refractivity contribution in [1.82, 2.24) is 9.80 Å². The number of amides is 2. The fourth-order valence-corrected chi connectivity index (χ4v) is 2.98. The van der Waals surface area contributed by atoms with Crippen LogP contribution in [0, 0.1) is 0 Å². The van der Waals surface area contributed by atoms with Crippen molar-refractivity contribution in [3.05, 3.63) is 29.3 Å².